The van der Waals surface area contributed by atoms with Crippen molar-refractivity contribution in [3.8, 4) is 11.5 Å². The van der Waals surface area contributed by atoms with Gasteiger partial charge in [-0.05, 0) is 29.1 Å². The Labute approximate surface area is 129 Å². The number of aliphatic hydroxyl groups is 1. The van der Waals surface area contributed by atoms with Crippen LogP contribution in [-0.2, 0) is 6.54 Å². The summed E-state index contributed by atoms with van der Waals surface area (Å²) in [6.45, 7) is 0.326. The van der Waals surface area contributed by atoms with Crippen LogP contribution in [0, 0.1) is 0 Å². The number of nitrogens with zero attached hydrogens (tertiary/aromatic N) is 2. The number of fused-ring (bicyclic) bond motifs is 2. The summed E-state index contributed by atoms with van der Waals surface area (Å²) in [6.07, 6.45) is 0.638. The molecule has 1 aliphatic rings. The van der Waals surface area contributed by atoms with E-state index in [-0.39, 0.29) is 18.9 Å². The van der Waals surface area contributed by atoms with E-state index >= 15 is 0 Å². The second-order valence-electron chi connectivity index (χ2n) is 4.97. The molecule has 1 aliphatic heterocycles. The summed E-state index contributed by atoms with van der Waals surface area (Å²) in [6, 6.07) is 7.06. The molecule has 0 fully saturated rings. The molecule has 1 aromatic carbocycles. The molecule has 0 spiro atoms. The van der Waals surface area contributed by atoms with E-state index in [2.05, 4.69) is 4.98 Å². The van der Waals surface area contributed by atoms with Gasteiger partial charge >= 0.3 is 0 Å². The molecule has 0 radical (unpaired) electrons. The molecule has 7 heteroatoms. The van der Waals surface area contributed by atoms with Gasteiger partial charge in [0.15, 0.2) is 11.5 Å². The first-order valence-corrected chi connectivity index (χ1v) is 7.60. The fraction of sp³-hybridized carbons (Fsp3) is 0.200. The highest BCUT2D eigenvalue weighted by Crippen LogP contribution is 2.34. The van der Waals surface area contributed by atoms with Gasteiger partial charge in [-0.3, -0.25) is 9.36 Å². The fourth-order valence-electron chi connectivity index (χ4n) is 2.42. The fourth-order valence-corrected chi connectivity index (χ4v) is 3.21. The maximum Gasteiger partial charge on any atom is 0.271 e. The number of thiophene rings is 1. The lowest BCUT2D eigenvalue weighted by atomic mass is 10.1. The predicted octanol–water partition coefficient (Wildman–Crippen LogP) is 1.92. The van der Waals surface area contributed by atoms with Crippen molar-refractivity contribution in [2.75, 3.05) is 6.79 Å². The number of aromatic nitrogens is 2. The first-order chi connectivity index (χ1) is 10.7. The Hall–Kier alpha value is -2.38. The predicted molar refractivity (Wildman–Crippen MR) is 81.4 cm³/mol. The van der Waals surface area contributed by atoms with Crippen molar-refractivity contribution in [3.63, 3.8) is 0 Å². The van der Waals surface area contributed by atoms with E-state index in [9.17, 15) is 9.90 Å². The molecule has 0 aliphatic carbocycles. The number of aliphatic hydroxyl groups excluding tert-OH is 1. The third-order valence-electron chi connectivity index (χ3n) is 3.59. The highest BCUT2D eigenvalue weighted by molar-refractivity contribution is 7.17. The van der Waals surface area contributed by atoms with Crippen molar-refractivity contribution in [2.24, 2.45) is 0 Å². The minimum Gasteiger partial charge on any atom is -0.454 e. The minimum atomic E-state index is -0.827. The van der Waals surface area contributed by atoms with E-state index in [0.717, 1.165) is 0 Å². The second-order valence-corrected chi connectivity index (χ2v) is 5.88. The molecule has 0 unspecified atom stereocenters. The molecule has 0 saturated heterocycles. The number of rotatable bonds is 3. The van der Waals surface area contributed by atoms with Crippen LogP contribution in [0.4, 0.5) is 0 Å². The summed E-state index contributed by atoms with van der Waals surface area (Å²) in [7, 11) is 0. The van der Waals surface area contributed by atoms with Gasteiger partial charge in [-0.15, -0.1) is 11.3 Å². The van der Waals surface area contributed by atoms with Gasteiger partial charge in [0.1, 0.15) is 4.70 Å². The summed E-state index contributed by atoms with van der Waals surface area (Å²) in [4.78, 5) is 16.5. The molecule has 112 valence electrons. The standard InChI is InChI=1S/C15H12N2O4S/c18-11(9-1-2-12-13(5-9)21-8-20-12)6-17-7-16-10-3-4-22-14(10)15(17)19/h1-5,7,11,18H,6,8H2/t11-/m0/s1. The zero-order valence-corrected chi connectivity index (χ0v) is 12.2. The summed E-state index contributed by atoms with van der Waals surface area (Å²) in [5.41, 5.74) is 1.21. The van der Waals surface area contributed by atoms with E-state index in [4.69, 9.17) is 9.47 Å². The highest BCUT2D eigenvalue weighted by Gasteiger charge is 2.17. The lowest BCUT2D eigenvalue weighted by Crippen LogP contribution is -2.23. The van der Waals surface area contributed by atoms with Gasteiger partial charge in [0.25, 0.3) is 5.56 Å². The van der Waals surface area contributed by atoms with Crippen LogP contribution < -0.4 is 15.0 Å². The van der Waals surface area contributed by atoms with Crippen LogP contribution in [0.15, 0.2) is 40.8 Å². The molecule has 3 aromatic rings. The first-order valence-electron chi connectivity index (χ1n) is 6.72. The van der Waals surface area contributed by atoms with E-state index < -0.39 is 6.10 Å². The Morgan fingerprint density at radius 1 is 1.32 bits per heavy atom. The maximum absolute atomic E-state index is 12.3. The van der Waals surface area contributed by atoms with Crippen LogP contribution in [0.1, 0.15) is 11.7 Å². The van der Waals surface area contributed by atoms with Crippen LogP contribution in [0.2, 0.25) is 0 Å². The van der Waals surface area contributed by atoms with Crippen LogP contribution in [0.5, 0.6) is 11.5 Å². The summed E-state index contributed by atoms with van der Waals surface area (Å²) in [5.74, 6) is 1.27. The zero-order valence-electron chi connectivity index (χ0n) is 11.4. The van der Waals surface area contributed by atoms with Gasteiger partial charge in [-0.2, -0.15) is 0 Å². The smallest absolute Gasteiger partial charge is 0.271 e. The molecule has 0 saturated carbocycles. The number of hydrogen-bond donors (Lipinski definition) is 1. The normalized spacial score (nSPS) is 14.4. The van der Waals surface area contributed by atoms with Gasteiger partial charge in [0.2, 0.25) is 6.79 Å². The summed E-state index contributed by atoms with van der Waals surface area (Å²) in [5, 5.41) is 12.2. The van der Waals surface area contributed by atoms with E-state index in [1.807, 2.05) is 5.38 Å². The minimum absolute atomic E-state index is 0.138. The Kier molecular flexibility index (Phi) is 3.09. The van der Waals surface area contributed by atoms with Crippen LogP contribution in [-0.4, -0.2) is 21.5 Å². The highest BCUT2D eigenvalue weighted by atomic mass is 32.1. The molecular formula is C15H12N2O4S. The molecular weight excluding hydrogens is 304 g/mol. The third kappa shape index (κ3) is 2.15. The third-order valence-corrected chi connectivity index (χ3v) is 4.48. The van der Waals surface area contributed by atoms with Gasteiger partial charge in [0, 0.05) is 0 Å². The average Bonchev–Trinajstić information content (AvgIpc) is 3.17. The number of hydrogen-bond acceptors (Lipinski definition) is 6. The molecule has 22 heavy (non-hydrogen) atoms. The Balaban J connectivity index is 1.64. The van der Waals surface area contributed by atoms with Crippen LogP contribution in [0.3, 0.4) is 0 Å². The molecule has 3 heterocycles. The molecule has 0 bridgehead atoms. The Morgan fingerprint density at radius 3 is 3.09 bits per heavy atom. The van der Waals surface area contributed by atoms with E-state index in [1.54, 1.807) is 24.3 Å². The van der Waals surface area contributed by atoms with E-state index in [1.165, 1.54) is 22.2 Å². The molecule has 1 N–H and O–H groups in total. The molecule has 6 nitrogen and oxygen atoms in total. The SMILES string of the molecule is O=c1c2sccc2ncn1C[C@H](O)c1ccc2c(c1)OCO2. The van der Waals surface area contributed by atoms with E-state index in [0.29, 0.717) is 27.3 Å². The van der Waals surface area contributed by atoms with Crippen molar-refractivity contribution in [1.82, 2.24) is 9.55 Å². The maximum atomic E-state index is 12.3. The van der Waals surface area contributed by atoms with Gasteiger partial charge < -0.3 is 14.6 Å². The largest absolute Gasteiger partial charge is 0.454 e. The van der Waals surface area contributed by atoms with Gasteiger partial charge in [-0.25, -0.2) is 4.98 Å². The van der Waals surface area contributed by atoms with Gasteiger partial charge in [0.05, 0.1) is 24.5 Å². The average molecular weight is 316 g/mol. The first kappa shape index (κ1) is 13.3. The van der Waals surface area contributed by atoms with Crippen molar-refractivity contribution < 1.29 is 14.6 Å². The van der Waals surface area contributed by atoms with Gasteiger partial charge in [-0.1, -0.05) is 6.07 Å². The molecule has 4 rings (SSSR count). The monoisotopic (exact) mass is 316 g/mol. The van der Waals surface area contributed by atoms with Crippen molar-refractivity contribution in [2.45, 2.75) is 12.6 Å². The summed E-state index contributed by atoms with van der Waals surface area (Å²) >= 11 is 1.35. The molecule has 0 amide bonds. The molecule has 2 aromatic heterocycles. The van der Waals surface area contributed by atoms with Crippen molar-refractivity contribution in [3.05, 3.63) is 51.9 Å². The second kappa shape index (κ2) is 5.11. The van der Waals surface area contributed by atoms with Crippen LogP contribution in [0.25, 0.3) is 10.2 Å². The lowest BCUT2D eigenvalue weighted by Gasteiger charge is -2.13. The number of ether oxygens (including phenoxy) is 2. The Bertz CT molecular complexity index is 902. The number of benzene rings is 1. The van der Waals surface area contributed by atoms with Crippen LogP contribution >= 0.6 is 11.3 Å². The van der Waals surface area contributed by atoms with Crippen molar-refractivity contribution >= 4 is 21.6 Å². The summed E-state index contributed by atoms with van der Waals surface area (Å²) < 4.78 is 12.6. The lowest BCUT2D eigenvalue weighted by molar-refractivity contribution is 0.154. The topological polar surface area (TPSA) is 73.6 Å². The molecule has 1 atom stereocenters. The zero-order chi connectivity index (χ0) is 15.1. The Morgan fingerprint density at radius 2 is 2.18 bits per heavy atom. The van der Waals surface area contributed by atoms with Crippen molar-refractivity contribution in [1.29, 1.82) is 0 Å². The quantitative estimate of drug-likeness (QED) is 0.799.